The highest BCUT2D eigenvalue weighted by Crippen LogP contribution is 2.36. The number of halogens is 7. The first kappa shape index (κ1) is 27.3. The van der Waals surface area contributed by atoms with Crippen LogP contribution in [-0.4, -0.2) is 50.0 Å². The van der Waals surface area contributed by atoms with E-state index in [1.165, 1.54) is 13.8 Å². The van der Waals surface area contributed by atoms with Crippen molar-refractivity contribution in [1.29, 1.82) is 0 Å². The second-order valence-electron chi connectivity index (χ2n) is 8.98. The molecule has 2 N–H and O–H groups in total. The standard InChI is InChI=1S/C23H21F7N6O2/c1-10(14-8-15-18(33-11(2)34-20(15)37)35-17(14)23(28,29)30)32-19-16(24)7-12(9-31-19)21(38)36-5-3-13(4-6-36)22(25,26)27/h7-10,13H,3-6H2,1-2H3,(H,31,32)(H,33,34,35,37)/t10-/m1/s1. The van der Waals surface area contributed by atoms with Crippen molar-refractivity contribution in [3.63, 3.8) is 0 Å². The van der Waals surface area contributed by atoms with Gasteiger partial charge in [0.25, 0.3) is 11.5 Å². The molecule has 38 heavy (non-hydrogen) atoms. The number of piperidine rings is 1. The molecule has 4 heterocycles. The van der Waals surface area contributed by atoms with Crippen LogP contribution in [0.1, 0.15) is 53.2 Å². The number of aryl methyl sites for hydroxylation is 1. The molecule has 0 bridgehead atoms. The van der Waals surface area contributed by atoms with E-state index in [1.807, 2.05) is 0 Å². The number of H-pyrrole nitrogens is 1. The molecule has 204 valence electrons. The molecule has 0 aromatic carbocycles. The van der Waals surface area contributed by atoms with E-state index < -0.39 is 64.3 Å². The van der Waals surface area contributed by atoms with Gasteiger partial charge >= 0.3 is 12.4 Å². The molecule has 0 saturated carbocycles. The largest absolute Gasteiger partial charge is 0.433 e. The summed E-state index contributed by atoms with van der Waals surface area (Å²) in [6, 6.07) is 0.532. The second kappa shape index (κ2) is 9.83. The van der Waals surface area contributed by atoms with Crippen molar-refractivity contribution in [2.45, 2.75) is 45.1 Å². The molecular weight excluding hydrogens is 525 g/mol. The van der Waals surface area contributed by atoms with Crippen LogP contribution in [0.4, 0.5) is 36.6 Å². The summed E-state index contributed by atoms with van der Waals surface area (Å²) in [5.74, 6) is -3.69. The summed E-state index contributed by atoms with van der Waals surface area (Å²) < 4.78 is 94.7. The minimum atomic E-state index is -4.92. The fourth-order valence-corrected chi connectivity index (χ4v) is 4.28. The van der Waals surface area contributed by atoms with Crippen molar-refractivity contribution in [2.75, 3.05) is 18.4 Å². The van der Waals surface area contributed by atoms with Gasteiger partial charge in [0.15, 0.2) is 23.0 Å². The first-order valence-electron chi connectivity index (χ1n) is 11.4. The number of pyridine rings is 2. The van der Waals surface area contributed by atoms with Gasteiger partial charge in [-0.05, 0) is 38.8 Å². The molecule has 1 amide bonds. The summed E-state index contributed by atoms with van der Waals surface area (Å²) in [4.78, 5) is 39.6. The van der Waals surface area contributed by atoms with Gasteiger partial charge in [0.05, 0.1) is 22.9 Å². The molecule has 4 rings (SSSR count). The number of rotatable bonds is 4. The van der Waals surface area contributed by atoms with Gasteiger partial charge in [-0.3, -0.25) is 9.59 Å². The molecule has 1 fully saturated rings. The van der Waals surface area contributed by atoms with Crippen LogP contribution in [0.2, 0.25) is 0 Å². The molecule has 15 heteroatoms. The van der Waals surface area contributed by atoms with Gasteiger partial charge in [0.2, 0.25) is 0 Å². The maximum Gasteiger partial charge on any atom is 0.433 e. The Morgan fingerprint density at radius 3 is 2.37 bits per heavy atom. The molecule has 3 aromatic rings. The van der Waals surface area contributed by atoms with E-state index in [0.29, 0.717) is 0 Å². The average molecular weight is 546 g/mol. The summed E-state index contributed by atoms with van der Waals surface area (Å²) in [5.41, 5.74) is -3.11. The number of hydrogen-bond donors (Lipinski definition) is 2. The van der Waals surface area contributed by atoms with Crippen LogP contribution in [0, 0.1) is 18.7 Å². The third-order valence-electron chi connectivity index (χ3n) is 6.27. The van der Waals surface area contributed by atoms with Gasteiger partial charge in [-0.2, -0.15) is 26.3 Å². The van der Waals surface area contributed by atoms with Crippen molar-refractivity contribution in [3.8, 4) is 0 Å². The number of fused-ring (bicyclic) bond motifs is 1. The van der Waals surface area contributed by atoms with Crippen molar-refractivity contribution >= 4 is 22.8 Å². The molecule has 0 spiro atoms. The van der Waals surface area contributed by atoms with Crippen LogP contribution < -0.4 is 10.9 Å². The Balaban J connectivity index is 1.57. The highest BCUT2D eigenvalue weighted by molar-refractivity contribution is 5.94. The number of anilines is 1. The number of likely N-dealkylation sites (tertiary alicyclic amines) is 1. The molecule has 1 saturated heterocycles. The summed E-state index contributed by atoms with van der Waals surface area (Å²) in [7, 11) is 0. The highest BCUT2D eigenvalue weighted by Gasteiger charge is 2.42. The zero-order valence-electron chi connectivity index (χ0n) is 20.0. The number of nitrogens with one attached hydrogen (secondary N) is 2. The fraction of sp³-hybridized carbons (Fsp3) is 0.435. The summed E-state index contributed by atoms with van der Waals surface area (Å²) in [6.07, 6.45) is -8.85. The third-order valence-corrected chi connectivity index (χ3v) is 6.27. The van der Waals surface area contributed by atoms with Crippen LogP contribution in [0.25, 0.3) is 11.0 Å². The molecule has 0 radical (unpaired) electrons. The Hall–Kier alpha value is -3.78. The van der Waals surface area contributed by atoms with Crippen molar-refractivity contribution < 1.29 is 35.5 Å². The van der Waals surface area contributed by atoms with Gasteiger partial charge in [0, 0.05) is 24.8 Å². The lowest BCUT2D eigenvalue weighted by molar-refractivity contribution is -0.183. The lowest BCUT2D eigenvalue weighted by atomic mass is 9.96. The van der Waals surface area contributed by atoms with Crippen LogP contribution >= 0.6 is 0 Å². The number of amides is 1. The van der Waals surface area contributed by atoms with Crippen molar-refractivity contribution in [1.82, 2.24) is 24.8 Å². The number of aromatic amines is 1. The predicted octanol–water partition coefficient (Wildman–Crippen LogP) is 4.77. The topological polar surface area (TPSA) is 104 Å². The van der Waals surface area contributed by atoms with Gasteiger partial charge in [-0.15, -0.1) is 0 Å². The van der Waals surface area contributed by atoms with Gasteiger partial charge < -0.3 is 15.2 Å². The van der Waals surface area contributed by atoms with E-state index in [1.54, 1.807) is 0 Å². The van der Waals surface area contributed by atoms with E-state index in [4.69, 9.17) is 0 Å². The normalized spacial score (nSPS) is 16.1. The van der Waals surface area contributed by atoms with Gasteiger partial charge in [0.1, 0.15) is 5.82 Å². The monoisotopic (exact) mass is 546 g/mol. The maximum absolute atomic E-state index is 14.8. The SMILES string of the molecule is Cc1nc2nc(C(F)(F)F)c([C@@H](C)Nc3ncc(C(=O)N4CCC(C(F)(F)F)CC4)cc3F)cc2c(=O)[nH]1. The quantitative estimate of drug-likeness (QED) is 0.457. The van der Waals surface area contributed by atoms with Gasteiger partial charge in [-0.1, -0.05) is 0 Å². The van der Waals surface area contributed by atoms with E-state index in [9.17, 15) is 40.3 Å². The second-order valence-corrected chi connectivity index (χ2v) is 8.98. The summed E-state index contributed by atoms with van der Waals surface area (Å²) >= 11 is 0. The molecule has 0 aliphatic carbocycles. The Bertz CT molecular complexity index is 1430. The van der Waals surface area contributed by atoms with Crippen LogP contribution in [0.3, 0.4) is 0 Å². The first-order valence-corrected chi connectivity index (χ1v) is 11.4. The van der Waals surface area contributed by atoms with Crippen LogP contribution in [0.15, 0.2) is 23.1 Å². The van der Waals surface area contributed by atoms with Crippen LogP contribution in [0.5, 0.6) is 0 Å². The molecule has 3 aromatic heterocycles. The molecule has 1 aliphatic rings. The maximum atomic E-state index is 14.8. The minimum Gasteiger partial charge on any atom is -0.361 e. The predicted molar refractivity (Wildman–Crippen MR) is 121 cm³/mol. The lowest BCUT2D eigenvalue weighted by Gasteiger charge is -2.32. The average Bonchev–Trinajstić information content (AvgIpc) is 2.83. The molecule has 8 nitrogen and oxygen atoms in total. The van der Waals surface area contributed by atoms with E-state index in [2.05, 4.69) is 25.3 Å². The highest BCUT2D eigenvalue weighted by atomic mass is 19.4. The number of carbonyl (C=O) groups is 1. The zero-order valence-corrected chi connectivity index (χ0v) is 20.0. The summed E-state index contributed by atoms with van der Waals surface area (Å²) in [5, 5.41) is 2.30. The van der Waals surface area contributed by atoms with Gasteiger partial charge in [-0.25, -0.2) is 19.3 Å². The first-order chi connectivity index (χ1) is 17.6. The van der Waals surface area contributed by atoms with E-state index in [0.717, 1.165) is 23.2 Å². The Morgan fingerprint density at radius 2 is 1.79 bits per heavy atom. The Morgan fingerprint density at radius 1 is 1.13 bits per heavy atom. The van der Waals surface area contributed by atoms with E-state index >= 15 is 0 Å². The number of carbonyl (C=O) groups excluding carboxylic acids is 1. The number of nitrogens with zero attached hydrogens (tertiary/aromatic N) is 4. The molecular formula is C23H21F7N6O2. The number of alkyl halides is 6. The van der Waals surface area contributed by atoms with Crippen molar-refractivity contribution in [3.05, 3.63) is 57.1 Å². The molecule has 0 unspecified atom stereocenters. The molecule has 1 atom stereocenters. The summed E-state index contributed by atoms with van der Waals surface area (Å²) in [6.45, 7) is 2.34. The Kier molecular flexibility index (Phi) is 7.05. The Labute approximate surface area is 210 Å². The third kappa shape index (κ3) is 5.55. The lowest BCUT2D eigenvalue weighted by Crippen LogP contribution is -2.42. The smallest absolute Gasteiger partial charge is 0.361 e. The molecule has 1 aliphatic heterocycles. The zero-order chi connectivity index (χ0) is 28.0. The fourth-order valence-electron chi connectivity index (χ4n) is 4.28. The minimum absolute atomic E-state index is 0.0766. The van der Waals surface area contributed by atoms with Crippen molar-refractivity contribution in [2.24, 2.45) is 5.92 Å². The van der Waals surface area contributed by atoms with E-state index in [-0.39, 0.29) is 42.7 Å². The number of hydrogen-bond acceptors (Lipinski definition) is 6. The van der Waals surface area contributed by atoms with Crippen LogP contribution in [-0.2, 0) is 6.18 Å². The number of aromatic nitrogens is 4.